The summed E-state index contributed by atoms with van der Waals surface area (Å²) in [5.74, 6) is 0.305. The zero-order valence-corrected chi connectivity index (χ0v) is 18.8. The van der Waals surface area contributed by atoms with E-state index in [2.05, 4.69) is 12.2 Å². The Labute approximate surface area is 170 Å². The molecule has 0 saturated heterocycles. The molecule has 1 rings (SSSR count). The van der Waals surface area contributed by atoms with Gasteiger partial charge in [-0.2, -0.15) is 12.7 Å². The van der Waals surface area contributed by atoms with Gasteiger partial charge in [0.2, 0.25) is 0 Å². The maximum absolute atomic E-state index is 12.9. The second kappa shape index (κ2) is 10.8. The molecule has 0 fully saturated rings. The lowest BCUT2D eigenvalue weighted by Crippen LogP contribution is -2.45. The molecule has 1 unspecified atom stereocenters. The molecule has 2 N–H and O–H groups in total. The lowest BCUT2D eigenvalue weighted by atomic mass is 9.93. The predicted molar refractivity (Wildman–Crippen MR) is 115 cm³/mol. The largest absolute Gasteiger partial charge is 0.363 e. The second-order valence-electron chi connectivity index (χ2n) is 8.02. The Morgan fingerprint density at radius 1 is 1.04 bits per heavy atom. The van der Waals surface area contributed by atoms with Crippen LogP contribution in [0.3, 0.4) is 0 Å². The Morgan fingerprint density at radius 2 is 1.57 bits per heavy atom. The van der Waals surface area contributed by atoms with Crippen LogP contribution in [-0.4, -0.2) is 29.3 Å². The van der Waals surface area contributed by atoms with E-state index in [0.29, 0.717) is 16.4 Å². The number of unbranched alkanes of at least 4 members (excludes halogenated alkanes) is 3. The van der Waals surface area contributed by atoms with Crippen LogP contribution in [0.2, 0.25) is 0 Å². The van der Waals surface area contributed by atoms with Crippen LogP contribution in [0.1, 0.15) is 96.6 Å². The Hall–Kier alpha value is -1.60. The van der Waals surface area contributed by atoms with Crippen molar-refractivity contribution in [3.05, 3.63) is 29.3 Å². The van der Waals surface area contributed by atoms with E-state index in [1.54, 1.807) is 6.92 Å². The number of nitrogens with one attached hydrogen (secondary N) is 1. The van der Waals surface area contributed by atoms with E-state index in [-0.39, 0.29) is 11.8 Å². The highest BCUT2D eigenvalue weighted by molar-refractivity contribution is 7.84. The molecule has 0 saturated carbocycles. The Kier molecular flexibility index (Phi) is 9.44. The fourth-order valence-electron chi connectivity index (χ4n) is 3.37. The van der Waals surface area contributed by atoms with E-state index >= 15 is 0 Å². The molecule has 0 heterocycles. The number of amides is 2. The fourth-order valence-corrected chi connectivity index (χ4v) is 4.19. The smallest absolute Gasteiger partial charge is 0.306 e. The number of para-hydroxylation sites is 1. The van der Waals surface area contributed by atoms with Gasteiger partial charge < -0.3 is 5.32 Å². The van der Waals surface area contributed by atoms with Crippen molar-refractivity contribution in [2.24, 2.45) is 0 Å². The number of hydrogen-bond acceptors (Lipinski definition) is 3. The molecule has 7 heteroatoms. The topological polar surface area (TPSA) is 86.7 Å². The van der Waals surface area contributed by atoms with Gasteiger partial charge in [-0.15, -0.1) is 0 Å². The van der Waals surface area contributed by atoms with Gasteiger partial charge in [-0.1, -0.05) is 78.5 Å². The molecule has 28 heavy (non-hydrogen) atoms. The first-order valence-electron chi connectivity index (χ1n) is 10.2. The maximum atomic E-state index is 12.9. The molecule has 0 spiro atoms. The molecule has 1 aromatic rings. The first-order valence-corrected chi connectivity index (χ1v) is 11.6. The Bertz CT molecular complexity index is 719. The summed E-state index contributed by atoms with van der Waals surface area (Å²) in [6, 6.07) is 4.36. The number of nitrogens with zero attached hydrogens (tertiary/aromatic N) is 1. The summed E-state index contributed by atoms with van der Waals surface area (Å²) in [4.78, 5) is 12.9. The third-order valence-corrected chi connectivity index (χ3v) is 5.95. The minimum absolute atomic E-state index is 0.152. The van der Waals surface area contributed by atoms with E-state index < -0.39 is 22.4 Å². The van der Waals surface area contributed by atoms with Crippen molar-refractivity contribution in [1.82, 2.24) is 4.31 Å². The van der Waals surface area contributed by atoms with E-state index in [1.807, 2.05) is 45.9 Å². The highest BCUT2D eigenvalue weighted by Gasteiger charge is 2.31. The van der Waals surface area contributed by atoms with Gasteiger partial charge in [0.25, 0.3) is 0 Å². The highest BCUT2D eigenvalue weighted by Crippen LogP contribution is 2.33. The number of benzene rings is 1. The molecule has 0 aromatic heterocycles. The average Bonchev–Trinajstić information content (AvgIpc) is 2.57. The first kappa shape index (κ1) is 24.4. The van der Waals surface area contributed by atoms with Crippen molar-refractivity contribution in [3.63, 3.8) is 0 Å². The Balaban J connectivity index is 3.16. The molecule has 160 valence electrons. The number of urea groups is 1. The quantitative estimate of drug-likeness (QED) is 0.368. The SMILES string of the molecule is CCCCCCC(C)N(C(=O)Nc1c(C(C)C)cccc1C(C)C)S(=O)(=O)O. The molecule has 1 aromatic carbocycles. The molecule has 0 radical (unpaired) electrons. The lowest BCUT2D eigenvalue weighted by molar-refractivity contribution is 0.219. The van der Waals surface area contributed by atoms with Crippen LogP contribution in [0.4, 0.5) is 10.5 Å². The molecule has 2 amide bonds. The molecule has 1 atom stereocenters. The van der Waals surface area contributed by atoms with Gasteiger partial charge in [0.05, 0.1) is 0 Å². The zero-order chi connectivity index (χ0) is 21.5. The van der Waals surface area contributed by atoms with Gasteiger partial charge in [-0.3, -0.25) is 4.55 Å². The van der Waals surface area contributed by atoms with E-state index in [4.69, 9.17) is 0 Å². The van der Waals surface area contributed by atoms with Crippen LogP contribution in [0, 0.1) is 0 Å². The molecule has 0 aliphatic rings. The van der Waals surface area contributed by atoms with Crippen molar-refractivity contribution < 1.29 is 17.8 Å². The number of hydrogen-bond donors (Lipinski definition) is 2. The van der Waals surface area contributed by atoms with Gasteiger partial charge in [0, 0.05) is 11.7 Å². The van der Waals surface area contributed by atoms with Crippen molar-refractivity contribution in [1.29, 1.82) is 0 Å². The maximum Gasteiger partial charge on any atom is 0.363 e. The normalized spacial score (nSPS) is 13.0. The monoisotopic (exact) mass is 412 g/mol. The van der Waals surface area contributed by atoms with Gasteiger partial charge in [0.15, 0.2) is 0 Å². The average molecular weight is 413 g/mol. The summed E-state index contributed by atoms with van der Waals surface area (Å²) in [5.41, 5.74) is 2.50. The van der Waals surface area contributed by atoms with Crippen LogP contribution in [-0.2, 0) is 10.3 Å². The highest BCUT2D eigenvalue weighted by atomic mass is 32.2. The van der Waals surface area contributed by atoms with Gasteiger partial charge in [-0.05, 0) is 36.3 Å². The summed E-state index contributed by atoms with van der Waals surface area (Å²) in [7, 11) is -4.67. The lowest BCUT2D eigenvalue weighted by Gasteiger charge is -2.28. The van der Waals surface area contributed by atoms with Crippen LogP contribution in [0.5, 0.6) is 0 Å². The summed E-state index contributed by atoms with van der Waals surface area (Å²) < 4.78 is 34.2. The molecule has 0 aliphatic carbocycles. The van der Waals surface area contributed by atoms with E-state index in [0.717, 1.165) is 36.8 Å². The van der Waals surface area contributed by atoms with Crippen LogP contribution >= 0.6 is 0 Å². The van der Waals surface area contributed by atoms with Crippen molar-refractivity contribution in [2.45, 2.75) is 91.5 Å². The molecule has 0 aliphatic heterocycles. The molecule has 0 bridgehead atoms. The fraction of sp³-hybridized carbons (Fsp3) is 0.667. The predicted octanol–water partition coefficient (Wildman–Crippen LogP) is 5.93. The number of carbonyl (C=O) groups is 1. The minimum Gasteiger partial charge on any atom is -0.306 e. The van der Waals surface area contributed by atoms with E-state index in [9.17, 15) is 17.8 Å². The van der Waals surface area contributed by atoms with Crippen molar-refractivity contribution in [3.8, 4) is 0 Å². The number of carbonyl (C=O) groups excluding carboxylic acids is 1. The van der Waals surface area contributed by atoms with Crippen LogP contribution in [0.15, 0.2) is 18.2 Å². The second-order valence-corrected chi connectivity index (χ2v) is 9.31. The van der Waals surface area contributed by atoms with Gasteiger partial charge in [-0.25, -0.2) is 4.79 Å². The Morgan fingerprint density at radius 3 is 2.00 bits per heavy atom. The molecular formula is C21H36N2O4S. The first-order chi connectivity index (χ1) is 13.0. The summed E-state index contributed by atoms with van der Waals surface area (Å²) in [6.07, 6.45) is 4.41. The number of anilines is 1. The molecular weight excluding hydrogens is 376 g/mol. The van der Waals surface area contributed by atoms with Crippen LogP contribution < -0.4 is 5.32 Å². The van der Waals surface area contributed by atoms with Crippen molar-refractivity contribution in [2.75, 3.05) is 5.32 Å². The molecule has 6 nitrogen and oxygen atoms in total. The zero-order valence-electron chi connectivity index (χ0n) is 18.0. The summed E-state index contributed by atoms with van der Waals surface area (Å²) >= 11 is 0. The van der Waals surface area contributed by atoms with E-state index in [1.165, 1.54) is 0 Å². The summed E-state index contributed by atoms with van der Waals surface area (Å²) in [5, 5.41) is 2.78. The summed E-state index contributed by atoms with van der Waals surface area (Å²) in [6.45, 7) is 11.8. The third-order valence-electron chi connectivity index (χ3n) is 4.93. The minimum atomic E-state index is -4.67. The number of rotatable bonds is 10. The van der Waals surface area contributed by atoms with Gasteiger partial charge >= 0.3 is 16.3 Å². The van der Waals surface area contributed by atoms with Crippen LogP contribution in [0.25, 0.3) is 0 Å². The third kappa shape index (κ3) is 6.78. The van der Waals surface area contributed by atoms with Crippen molar-refractivity contribution >= 4 is 22.0 Å². The standard InChI is InChI=1S/C21H36N2O4S/c1-7-8-9-10-12-17(6)23(28(25,26)27)21(24)22-20-18(15(2)3)13-11-14-19(20)16(4)5/h11,13-17H,7-10,12H2,1-6H3,(H,22,24)(H,25,26,27). The van der Waals surface area contributed by atoms with Gasteiger partial charge in [0.1, 0.15) is 0 Å².